The van der Waals surface area contributed by atoms with E-state index in [1.807, 2.05) is 27.7 Å². The number of nitrogens with one attached hydrogen (secondary N) is 2. The van der Waals surface area contributed by atoms with Gasteiger partial charge in [0.15, 0.2) is 0 Å². The Balaban J connectivity index is 2.71. The van der Waals surface area contributed by atoms with Crippen molar-refractivity contribution >= 4 is 5.91 Å². The Morgan fingerprint density at radius 3 is 2.50 bits per heavy atom. The molecule has 2 N–H and O–H groups in total. The third-order valence-electron chi connectivity index (χ3n) is 4.07. The molecule has 3 atom stereocenters. The molecule has 0 aromatic carbocycles. The van der Waals surface area contributed by atoms with Crippen LogP contribution in [0.2, 0.25) is 0 Å². The van der Waals surface area contributed by atoms with Crippen molar-refractivity contribution in [1.29, 1.82) is 0 Å². The SMILES string of the molecule is CCNC(C)C1CCCCN1C(C)C(=O)NC(C)(C)C. The number of carbonyl (C=O) groups excluding carboxylic acids is 1. The summed E-state index contributed by atoms with van der Waals surface area (Å²) >= 11 is 0. The first-order chi connectivity index (χ1) is 9.26. The molecule has 1 rings (SSSR count). The Morgan fingerprint density at radius 1 is 1.30 bits per heavy atom. The van der Waals surface area contributed by atoms with Crippen LogP contribution < -0.4 is 10.6 Å². The van der Waals surface area contributed by atoms with E-state index in [9.17, 15) is 4.79 Å². The Morgan fingerprint density at radius 2 is 1.95 bits per heavy atom. The van der Waals surface area contributed by atoms with Crippen LogP contribution in [0.4, 0.5) is 0 Å². The van der Waals surface area contributed by atoms with Gasteiger partial charge < -0.3 is 10.6 Å². The highest BCUT2D eigenvalue weighted by Crippen LogP contribution is 2.22. The Kier molecular flexibility index (Phi) is 6.46. The van der Waals surface area contributed by atoms with E-state index < -0.39 is 0 Å². The lowest BCUT2D eigenvalue weighted by Crippen LogP contribution is -2.59. The van der Waals surface area contributed by atoms with Crippen LogP contribution in [0.25, 0.3) is 0 Å². The van der Waals surface area contributed by atoms with Crippen molar-refractivity contribution in [3.8, 4) is 0 Å². The van der Waals surface area contributed by atoms with Crippen molar-refractivity contribution in [2.45, 2.75) is 84.5 Å². The minimum Gasteiger partial charge on any atom is -0.350 e. The average Bonchev–Trinajstić information content (AvgIpc) is 2.36. The van der Waals surface area contributed by atoms with E-state index in [2.05, 4.69) is 29.4 Å². The van der Waals surface area contributed by atoms with E-state index in [1.54, 1.807) is 0 Å². The number of likely N-dealkylation sites (N-methyl/N-ethyl adjacent to an activating group) is 1. The van der Waals surface area contributed by atoms with Crippen molar-refractivity contribution < 1.29 is 4.79 Å². The van der Waals surface area contributed by atoms with Crippen molar-refractivity contribution in [3.63, 3.8) is 0 Å². The highest BCUT2D eigenvalue weighted by atomic mass is 16.2. The summed E-state index contributed by atoms with van der Waals surface area (Å²) in [5, 5.41) is 6.62. The number of rotatable bonds is 5. The molecular formula is C16H33N3O. The van der Waals surface area contributed by atoms with Crippen LogP contribution in [-0.2, 0) is 4.79 Å². The molecule has 4 heteroatoms. The van der Waals surface area contributed by atoms with Gasteiger partial charge >= 0.3 is 0 Å². The summed E-state index contributed by atoms with van der Waals surface area (Å²) < 4.78 is 0. The molecule has 0 aromatic heterocycles. The fourth-order valence-electron chi connectivity index (χ4n) is 3.08. The molecule has 0 aliphatic carbocycles. The quantitative estimate of drug-likeness (QED) is 0.812. The highest BCUT2D eigenvalue weighted by Gasteiger charge is 2.33. The van der Waals surface area contributed by atoms with E-state index in [1.165, 1.54) is 19.3 Å². The number of piperidine rings is 1. The van der Waals surface area contributed by atoms with Gasteiger partial charge in [-0.25, -0.2) is 0 Å². The van der Waals surface area contributed by atoms with Gasteiger partial charge in [0, 0.05) is 17.6 Å². The molecule has 4 nitrogen and oxygen atoms in total. The fourth-order valence-corrected chi connectivity index (χ4v) is 3.08. The third-order valence-corrected chi connectivity index (χ3v) is 4.07. The van der Waals surface area contributed by atoms with E-state index in [0.717, 1.165) is 13.1 Å². The summed E-state index contributed by atoms with van der Waals surface area (Å²) in [6.45, 7) is 14.5. The van der Waals surface area contributed by atoms with Gasteiger partial charge in [0.1, 0.15) is 0 Å². The van der Waals surface area contributed by atoms with Gasteiger partial charge in [-0.2, -0.15) is 0 Å². The molecule has 20 heavy (non-hydrogen) atoms. The highest BCUT2D eigenvalue weighted by molar-refractivity contribution is 5.82. The van der Waals surface area contributed by atoms with Crippen LogP contribution in [0.15, 0.2) is 0 Å². The Hall–Kier alpha value is -0.610. The molecule has 118 valence electrons. The molecular weight excluding hydrogens is 250 g/mol. The Bertz CT molecular complexity index is 311. The van der Waals surface area contributed by atoms with E-state index >= 15 is 0 Å². The van der Waals surface area contributed by atoms with Crippen LogP contribution in [0.1, 0.15) is 60.8 Å². The van der Waals surface area contributed by atoms with Gasteiger partial charge in [-0.1, -0.05) is 13.3 Å². The van der Waals surface area contributed by atoms with Crippen LogP contribution in [0.5, 0.6) is 0 Å². The van der Waals surface area contributed by atoms with Crippen LogP contribution in [0.3, 0.4) is 0 Å². The molecule has 1 aliphatic heterocycles. The lowest BCUT2D eigenvalue weighted by molar-refractivity contribution is -0.129. The van der Waals surface area contributed by atoms with Crippen molar-refractivity contribution in [1.82, 2.24) is 15.5 Å². The van der Waals surface area contributed by atoms with Gasteiger partial charge in [-0.15, -0.1) is 0 Å². The first kappa shape index (κ1) is 17.4. The second-order valence-corrected chi connectivity index (χ2v) is 7.06. The largest absolute Gasteiger partial charge is 0.350 e. The smallest absolute Gasteiger partial charge is 0.237 e. The molecule has 1 amide bonds. The molecule has 1 fully saturated rings. The molecule has 0 saturated carbocycles. The molecule has 0 aromatic rings. The molecule has 0 radical (unpaired) electrons. The molecule has 3 unspecified atom stereocenters. The molecule has 1 heterocycles. The molecule has 0 spiro atoms. The second kappa shape index (κ2) is 7.41. The maximum Gasteiger partial charge on any atom is 0.237 e. The molecule has 1 aliphatic rings. The van der Waals surface area contributed by atoms with Crippen LogP contribution in [0, 0.1) is 0 Å². The van der Waals surface area contributed by atoms with Gasteiger partial charge in [0.2, 0.25) is 5.91 Å². The fraction of sp³-hybridized carbons (Fsp3) is 0.938. The summed E-state index contributed by atoms with van der Waals surface area (Å²) in [6.07, 6.45) is 3.65. The van der Waals surface area contributed by atoms with Gasteiger partial charge in [0.25, 0.3) is 0 Å². The number of carbonyl (C=O) groups is 1. The van der Waals surface area contributed by atoms with Crippen molar-refractivity contribution in [2.24, 2.45) is 0 Å². The summed E-state index contributed by atoms with van der Waals surface area (Å²) in [4.78, 5) is 14.8. The van der Waals surface area contributed by atoms with Gasteiger partial charge in [-0.05, 0) is 60.5 Å². The maximum atomic E-state index is 12.4. The lowest BCUT2D eigenvalue weighted by atomic mass is 9.94. The van der Waals surface area contributed by atoms with Crippen molar-refractivity contribution in [2.75, 3.05) is 13.1 Å². The van der Waals surface area contributed by atoms with Crippen molar-refractivity contribution in [3.05, 3.63) is 0 Å². The summed E-state index contributed by atoms with van der Waals surface area (Å²) in [6, 6.07) is 0.843. The minimum absolute atomic E-state index is 0.0550. The number of amides is 1. The molecule has 0 bridgehead atoms. The zero-order chi connectivity index (χ0) is 15.3. The zero-order valence-electron chi connectivity index (χ0n) is 14.1. The maximum absolute atomic E-state index is 12.4. The van der Waals surface area contributed by atoms with Gasteiger partial charge in [0.05, 0.1) is 6.04 Å². The summed E-state index contributed by atoms with van der Waals surface area (Å²) in [5.41, 5.74) is -0.163. The normalized spacial score (nSPS) is 24.2. The predicted molar refractivity (Wildman–Crippen MR) is 84.8 cm³/mol. The van der Waals surface area contributed by atoms with E-state index in [4.69, 9.17) is 0 Å². The third kappa shape index (κ3) is 5.06. The Labute approximate surface area is 124 Å². The standard InChI is InChI=1S/C16H33N3O/c1-7-17-12(2)14-10-8-9-11-19(14)13(3)15(20)18-16(4,5)6/h12-14,17H,7-11H2,1-6H3,(H,18,20). The summed E-state index contributed by atoms with van der Waals surface area (Å²) in [7, 11) is 0. The number of nitrogens with zero attached hydrogens (tertiary/aromatic N) is 1. The van der Waals surface area contributed by atoms with Crippen LogP contribution in [-0.4, -0.2) is 47.6 Å². The number of likely N-dealkylation sites (tertiary alicyclic amines) is 1. The first-order valence-corrected chi connectivity index (χ1v) is 8.07. The van der Waals surface area contributed by atoms with E-state index in [0.29, 0.717) is 12.1 Å². The minimum atomic E-state index is -0.163. The zero-order valence-corrected chi connectivity index (χ0v) is 14.1. The average molecular weight is 283 g/mol. The topological polar surface area (TPSA) is 44.4 Å². The second-order valence-electron chi connectivity index (χ2n) is 7.06. The number of hydrogen-bond acceptors (Lipinski definition) is 3. The lowest BCUT2D eigenvalue weighted by Gasteiger charge is -2.43. The van der Waals surface area contributed by atoms with E-state index in [-0.39, 0.29) is 17.5 Å². The summed E-state index contributed by atoms with van der Waals surface area (Å²) in [5.74, 6) is 0.146. The van der Waals surface area contributed by atoms with Crippen LogP contribution >= 0.6 is 0 Å². The number of hydrogen-bond donors (Lipinski definition) is 2. The monoisotopic (exact) mass is 283 g/mol. The first-order valence-electron chi connectivity index (χ1n) is 8.07. The predicted octanol–water partition coefficient (Wildman–Crippen LogP) is 2.14. The molecule has 1 saturated heterocycles. The van der Waals surface area contributed by atoms with Gasteiger partial charge in [-0.3, -0.25) is 9.69 Å².